The first kappa shape index (κ1) is 10.3. The molecule has 0 saturated carbocycles. The van der Waals surface area contributed by atoms with Gasteiger partial charge in [-0.3, -0.25) is 0 Å². The number of anilines is 1. The van der Waals surface area contributed by atoms with Crippen molar-refractivity contribution >= 4 is 17.5 Å². The maximum atomic E-state index is 5.76. The van der Waals surface area contributed by atoms with Gasteiger partial charge in [-0.15, -0.1) is 11.6 Å². The van der Waals surface area contributed by atoms with Crippen molar-refractivity contribution in [3.8, 4) is 0 Å². The average molecular weight is 200 g/mol. The molecule has 1 aromatic heterocycles. The molecular weight excluding hydrogens is 186 g/mol. The Labute approximate surface area is 83.5 Å². The number of aromatic nitrogens is 2. The predicted molar refractivity (Wildman–Crippen MR) is 55.2 cm³/mol. The second-order valence-electron chi connectivity index (χ2n) is 3.66. The maximum Gasteiger partial charge on any atom is 0.223 e. The fourth-order valence-corrected chi connectivity index (χ4v) is 0.912. The molecule has 1 N–H and O–H groups in total. The monoisotopic (exact) mass is 199 g/mol. The highest BCUT2D eigenvalue weighted by Crippen LogP contribution is 2.11. The summed E-state index contributed by atoms with van der Waals surface area (Å²) in [5.74, 6) is 1.15. The lowest BCUT2D eigenvalue weighted by Gasteiger charge is -2.23. The highest BCUT2D eigenvalue weighted by Gasteiger charge is 2.16. The van der Waals surface area contributed by atoms with Crippen LogP contribution in [-0.4, -0.2) is 21.4 Å². The number of aryl methyl sites for hydroxylation is 1. The van der Waals surface area contributed by atoms with Gasteiger partial charge in [0.05, 0.1) is 0 Å². The number of nitrogens with one attached hydrogen (secondary N) is 1. The number of hydrogen-bond donors (Lipinski definition) is 1. The van der Waals surface area contributed by atoms with E-state index >= 15 is 0 Å². The Kier molecular flexibility index (Phi) is 3.09. The van der Waals surface area contributed by atoms with E-state index in [0.29, 0.717) is 11.8 Å². The van der Waals surface area contributed by atoms with Crippen molar-refractivity contribution < 1.29 is 0 Å². The van der Waals surface area contributed by atoms with Gasteiger partial charge in [-0.05, 0) is 26.8 Å². The summed E-state index contributed by atoms with van der Waals surface area (Å²) in [5.41, 5.74) is 0.776. The number of alkyl halides is 1. The van der Waals surface area contributed by atoms with Crippen molar-refractivity contribution in [2.75, 3.05) is 11.2 Å². The van der Waals surface area contributed by atoms with Crippen LogP contribution >= 0.6 is 11.6 Å². The van der Waals surface area contributed by atoms with Crippen LogP contribution in [0.3, 0.4) is 0 Å². The minimum atomic E-state index is -0.171. The van der Waals surface area contributed by atoms with Gasteiger partial charge in [-0.25, -0.2) is 9.97 Å². The quantitative estimate of drug-likeness (QED) is 0.759. The van der Waals surface area contributed by atoms with Gasteiger partial charge in [0.25, 0.3) is 0 Å². The lowest BCUT2D eigenvalue weighted by atomic mass is 10.1. The standard InChI is InChI=1S/C9H14ClN3/c1-7-4-5-11-8(12-7)13-9(2,3)6-10/h4-5H,6H2,1-3H3,(H,11,12,13). The Bertz CT molecular complexity index is 286. The molecule has 1 rings (SSSR count). The van der Waals surface area contributed by atoms with Crippen LogP contribution in [-0.2, 0) is 0 Å². The largest absolute Gasteiger partial charge is 0.348 e. The van der Waals surface area contributed by atoms with Gasteiger partial charge in [0.1, 0.15) is 0 Å². The number of rotatable bonds is 3. The van der Waals surface area contributed by atoms with Gasteiger partial charge in [-0.2, -0.15) is 0 Å². The molecule has 0 atom stereocenters. The van der Waals surface area contributed by atoms with Crippen molar-refractivity contribution in [3.05, 3.63) is 18.0 Å². The summed E-state index contributed by atoms with van der Waals surface area (Å²) < 4.78 is 0. The molecule has 0 aliphatic heterocycles. The van der Waals surface area contributed by atoms with Crippen LogP contribution < -0.4 is 5.32 Å². The third kappa shape index (κ3) is 3.19. The van der Waals surface area contributed by atoms with Crippen molar-refractivity contribution in [1.29, 1.82) is 0 Å². The molecule has 3 nitrogen and oxygen atoms in total. The van der Waals surface area contributed by atoms with Crippen LogP contribution in [0.25, 0.3) is 0 Å². The van der Waals surface area contributed by atoms with Gasteiger partial charge < -0.3 is 5.32 Å². The molecule has 0 aromatic carbocycles. The SMILES string of the molecule is Cc1ccnc(NC(C)(C)CCl)n1. The van der Waals surface area contributed by atoms with Crippen molar-refractivity contribution in [2.24, 2.45) is 0 Å². The molecule has 1 heterocycles. The second-order valence-corrected chi connectivity index (χ2v) is 3.93. The first-order valence-electron chi connectivity index (χ1n) is 4.17. The van der Waals surface area contributed by atoms with Crippen LogP contribution in [0.5, 0.6) is 0 Å². The molecule has 0 amide bonds. The Morgan fingerprint density at radius 1 is 1.54 bits per heavy atom. The van der Waals surface area contributed by atoms with Crippen LogP contribution in [0.15, 0.2) is 12.3 Å². The van der Waals surface area contributed by atoms with E-state index in [2.05, 4.69) is 15.3 Å². The van der Waals surface area contributed by atoms with Gasteiger partial charge in [-0.1, -0.05) is 0 Å². The molecule has 1 aromatic rings. The van der Waals surface area contributed by atoms with Crippen LogP contribution in [0.2, 0.25) is 0 Å². The van der Waals surface area contributed by atoms with E-state index in [0.717, 1.165) is 5.69 Å². The molecule has 0 radical (unpaired) electrons. The molecule has 0 aliphatic rings. The average Bonchev–Trinajstić information content (AvgIpc) is 2.03. The molecule has 13 heavy (non-hydrogen) atoms. The molecule has 0 unspecified atom stereocenters. The zero-order chi connectivity index (χ0) is 9.90. The van der Waals surface area contributed by atoms with E-state index in [1.54, 1.807) is 6.20 Å². The van der Waals surface area contributed by atoms with E-state index in [1.807, 2.05) is 26.8 Å². The van der Waals surface area contributed by atoms with Gasteiger partial charge in [0.15, 0.2) is 0 Å². The Morgan fingerprint density at radius 3 is 2.77 bits per heavy atom. The smallest absolute Gasteiger partial charge is 0.223 e. The summed E-state index contributed by atoms with van der Waals surface area (Å²) in [4.78, 5) is 8.32. The summed E-state index contributed by atoms with van der Waals surface area (Å²) >= 11 is 5.76. The molecule has 0 spiro atoms. The fraction of sp³-hybridized carbons (Fsp3) is 0.556. The molecular formula is C9H14ClN3. The first-order valence-corrected chi connectivity index (χ1v) is 4.71. The van der Waals surface area contributed by atoms with Gasteiger partial charge in [0, 0.05) is 23.3 Å². The first-order chi connectivity index (χ1) is 6.03. The lowest BCUT2D eigenvalue weighted by molar-refractivity contribution is 0.632. The number of nitrogens with zero attached hydrogens (tertiary/aromatic N) is 2. The van der Waals surface area contributed by atoms with E-state index in [1.165, 1.54) is 0 Å². The van der Waals surface area contributed by atoms with E-state index < -0.39 is 0 Å². The Balaban J connectivity index is 2.74. The third-order valence-corrected chi connectivity index (χ3v) is 2.25. The summed E-state index contributed by atoms with van der Waals surface area (Å²) in [7, 11) is 0. The minimum Gasteiger partial charge on any atom is -0.348 e. The Morgan fingerprint density at radius 2 is 2.23 bits per heavy atom. The highest BCUT2D eigenvalue weighted by molar-refractivity contribution is 6.18. The molecule has 0 saturated heterocycles. The summed E-state index contributed by atoms with van der Waals surface area (Å²) in [5, 5.41) is 3.15. The molecule has 0 aliphatic carbocycles. The van der Waals surface area contributed by atoms with Crippen molar-refractivity contribution in [3.63, 3.8) is 0 Å². The van der Waals surface area contributed by atoms with Crippen LogP contribution in [0.4, 0.5) is 5.95 Å². The highest BCUT2D eigenvalue weighted by atomic mass is 35.5. The molecule has 72 valence electrons. The summed E-state index contributed by atoms with van der Waals surface area (Å²) in [6, 6.07) is 1.86. The number of hydrogen-bond acceptors (Lipinski definition) is 3. The van der Waals surface area contributed by atoms with E-state index in [4.69, 9.17) is 11.6 Å². The molecule has 0 bridgehead atoms. The zero-order valence-electron chi connectivity index (χ0n) is 8.13. The predicted octanol–water partition coefficient (Wildman–Crippen LogP) is 2.21. The molecule has 0 fully saturated rings. The zero-order valence-corrected chi connectivity index (χ0v) is 8.89. The maximum absolute atomic E-state index is 5.76. The Hall–Kier alpha value is -0.830. The lowest BCUT2D eigenvalue weighted by Crippen LogP contribution is -2.33. The van der Waals surface area contributed by atoms with Gasteiger partial charge in [0.2, 0.25) is 5.95 Å². The van der Waals surface area contributed by atoms with E-state index in [9.17, 15) is 0 Å². The minimum absolute atomic E-state index is 0.171. The summed E-state index contributed by atoms with van der Waals surface area (Å²) in [6.07, 6.45) is 1.73. The van der Waals surface area contributed by atoms with Crippen molar-refractivity contribution in [1.82, 2.24) is 9.97 Å². The summed E-state index contributed by atoms with van der Waals surface area (Å²) in [6.45, 7) is 5.94. The van der Waals surface area contributed by atoms with E-state index in [-0.39, 0.29) is 5.54 Å². The van der Waals surface area contributed by atoms with Crippen LogP contribution in [0, 0.1) is 6.92 Å². The third-order valence-electron chi connectivity index (χ3n) is 1.58. The number of halogens is 1. The second kappa shape index (κ2) is 3.92. The van der Waals surface area contributed by atoms with Crippen LogP contribution in [0.1, 0.15) is 19.5 Å². The van der Waals surface area contributed by atoms with Crippen molar-refractivity contribution in [2.45, 2.75) is 26.3 Å². The fourth-order valence-electron chi connectivity index (χ4n) is 0.845. The topological polar surface area (TPSA) is 37.8 Å². The normalized spacial score (nSPS) is 11.4. The van der Waals surface area contributed by atoms with Gasteiger partial charge >= 0.3 is 0 Å². The molecule has 4 heteroatoms.